The van der Waals surface area contributed by atoms with Gasteiger partial charge in [-0.05, 0) is 39.2 Å². The Bertz CT molecular complexity index is 451. The minimum absolute atomic E-state index is 0.439. The molecule has 4 nitrogen and oxygen atoms in total. The molecule has 0 aromatic carbocycles. The zero-order valence-corrected chi connectivity index (χ0v) is 13.3. The van der Waals surface area contributed by atoms with Gasteiger partial charge in [0.05, 0.1) is 11.9 Å². The van der Waals surface area contributed by atoms with Crippen molar-refractivity contribution in [2.24, 2.45) is 5.92 Å². The Labute approximate surface area is 122 Å². The average molecular weight is 276 g/mol. The van der Waals surface area contributed by atoms with Gasteiger partial charge >= 0.3 is 0 Å². The van der Waals surface area contributed by atoms with Gasteiger partial charge in [-0.25, -0.2) is 0 Å². The van der Waals surface area contributed by atoms with Crippen LogP contribution in [0.25, 0.3) is 0 Å². The third-order valence-corrected chi connectivity index (χ3v) is 4.95. The van der Waals surface area contributed by atoms with Crippen LogP contribution in [0.3, 0.4) is 0 Å². The van der Waals surface area contributed by atoms with Crippen LogP contribution in [-0.2, 0) is 0 Å². The topological polar surface area (TPSA) is 24.3 Å². The molecule has 2 aliphatic heterocycles. The number of nitrogens with zero attached hydrogens (tertiary/aromatic N) is 4. The Morgan fingerprint density at radius 1 is 1.20 bits per heavy atom. The number of fused-ring (bicyclic) bond motifs is 1. The second-order valence-corrected chi connectivity index (χ2v) is 7.03. The molecule has 3 heterocycles. The summed E-state index contributed by atoms with van der Waals surface area (Å²) in [6.45, 7) is 12.8. The number of hydrogen-bond donors (Lipinski definition) is 0. The third-order valence-electron chi connectivity index (χ3n) is 4.95. The van der Waals surface area contributed by atoms with E-state index in [1.54, 1.807) is 0 Å². The van der Waals surface area contributed by atoms with Crippen molar-refractivity contribution < 1.29 is 0 Å². The summed E-state index contributed by atoms with van der Waals surface area (Å²) >= 11 is 0. The molecule has 0 aliphatic carbocycles. The summed E-state index contributed by atoms with van der Waals surface area (Å²) in [6.07, 6.45) is 7.01. The maximum atomic E-state index is 4.53. The highest BCUT2D eigenvalue weighted by molar-refractivity contribution is 5.45. The standard InChI is InChI=1S/C16H28N4/c1-12(2)16-11-18-7-5-6-14(18)9-19(16)15-8-17-20(10-15)13(3)4/h8,10,12-14,16H,5-7,9,11H2,1-4H3. The van der Waals surface area contributed by atoms with E-state index in [1.807, 2.05) is 0 Å². The summed E-state index contributed by atoms with van der Waals surface area (Å²) in [7, 11) is 0. The fourth-order valence-electron chi connectivity index (χ4n) is 3.67. The van der Waals surface area contributed by atoms with Crippen molar-refractivity contribution in [2.75, 3.05) is 24.5 Å². The quantitative estimate of drug-likeness (QED) is 0.848. The van der Waals surface area contributed by atoms with Crippen molar-refractivity contribution in [1.82, 2.24) is 14.7 Å². The van der Waals surface area contributed by atoms with Crippen LogP contribution in [0.2, 0.25) is 0 Å². The Hall–Kier alpha value is -1.03. The summed E-state index contributed by atoms with van der Waals surface area (Å²) in [5.41, 5.74) is 1.31. The molecule has 1 aromatic heterocycles. The minimum Gasteiger partial charge on any atom is -0.363 e. The van der Waals surface area contributed by atoms with E-state index in [9.17, 15) is 0 Å². The predicted octanol–water partition coefficient (Wildman–Crippen LogP) is 2.77. The fraction of sp³-hybridized carbons (Fsp3) is 0.812. The Morgan fingerprint density at radius 2 is 2.00 bits per heavy atom. The van der Waals surface area contributed by atoms with Gasteiger partial charge in [0.25, 0.3) is 0 Å². The van der Waals surface area contributed by atoms with Gasteiger partial charge in [-0.3, -0.25) is 9.58 Å². The van der Waals surface area contributed by atoms with Crippen molar-refractivity contribution in [3.8, 4) is 0 Å². The number of aromatic nitrogens is 2. The Balaban J connectivity index is 1.83. The second kappa shape index (κ2) is 5.40. The van der Waals surface area contributed by atoms with Gasteiger partial charge in [0.15, 0.2) is 0 Å². The lowest BCUT2D eigenvalue weighted by molar-refractivity contribution is 0.176. The molecule has 112 valence electrons. The fourth-order valence-corrected chi connectivity index (χ4v) is 3.67. The van der Waals surface area contributed by atoms with E-state index in [0.717, 1.165) is 6.04 Å². The van der Waals surface area contributed by atoms with E-state index in [4.69, 9.17) is 0 Å². The predicted molar refractivity (Wildman–Crippen MR) is 83.2 cm³/mol. The van der Waals surface area contributed by atoms with Crippen LogP contribution in [0.5, 0.6) is 0 Å². The van der Waals surface area contributed by atoms with Gasteiger partial charge in [0.2, 0.25) is 0 Å². The lowest BCUT2D eigenvalue weighted by Gasteiger charge is -2.46. The third kappa shape index (κ3) is 2.46. The van der Waals surface area contributed by atoms with Crippen LogP contribution in [0.4, 0.5) is 5.69 Å². The van der Waals surface area contributed by atoms with E-state index in [2.05, 4.69) is 59.7 Å². The number of piperazine rings is 1. The van der Waals surface area contributed by atoms with Gasteiger partial charge < -0.3 is 4.90 Å². The normalized spacial score (nSPS) is 27.6. The Morgan fingerprint density at radius 3 is 2.65 bits per heavy atom. The first kappa shape index (κ1) is 13.9. The SMILES string of the molecule is CC(C)C1CN2CCCC2CN1c1cnn(C(C)C)c1. The van der Waals surface area contributed by atoms with Gasteiger partial charge in [-0.1, -0.05) is 13.8 Å². The van der Waals surface area contributed by atoms with Gasteiger partial charge in [-0.15, -0.1) is 0 Å². The molecule has 0 saturated carbocycles. The first-order valence-electron chi connectivity index (χ1n) is 8.11. The highest BCUT2D eigenvalue weighted by Gasteiger charge is 2.37. The lowest BCUT2D eigenvalue weighted by atomic mass is 9.97. The van der Waals surface area contributed by atoms with E-state index in [1.165, 1.54) is 38.2 Å². The van der Waals surface area contributed by atoms with Gasteiger partial charge in [-0.2, -0.15) is 5.10 Å². The maximum absolute atomic E-state index is 4.53. The van der Waals surface area contributed by atoms with E-state index in [0.29, 0.717) is 18.0 Å². The smallest absolute Gasteiger partial charge is 0.0756 e. The highest BCUT2D eigenvalue weighted by atomic mass is 15.4. The van der Waals surface area contributed by atoms with Crippen LogP contribution >= 0.6 is 0 Å². The first-order valence-corrected chi connectivity index (χ1v) is 8.11. The largest absolute Gasteiger partial charge is 0.363 e. The second-order valence-electron chi connectivity index (χ2n) is 7.03. The van der Waals surface area contributed by atoms with Crippen molar-refractivity contribution in [2.45, 2.75) is 58.7 Å². The van der Waals surface area contributed by atoms with Crippen LogP contribution in [0, 0.1) is 5.92 Å². The zero-order valence-electron chi connectivity index (χ0n) is 13.3. The number of rotatable bonds is 3. The molecule has 0 N–H and O–H groups in total. The Kier molecular flexibility index (Phi) is 3.76. The van der Waals surface area contributed by atoms with Crippen LogP contribution in [0.15, 0.2) is 12.4 Å². The van der Waals surface area contributed by atoms with Gasteiger partial charge in [0, 0.05) is 37.4 Å². The summed E-state index contributed by atoms with van der Waals surface area (Å²) < 4.78 is 2.08. The van der Waals surface area contributed by atoms with Crippen LogP contribution in [-0.4, -0.2) is 46.4 Å². The van der Waals surface area contributed by atoms with Gasteiger partial charge in [0.1, 0.15) is 0 Å². The van der Waals surface area contributed by atoms with Crippen LogP contribution < -0.4 is 4.90 Å². The van der Waals surface area contributed by atoms with Crippen molar-refractivity contribution in [3.63, 3.8) is 0 Å². The summed E-state index contributed by atoms with van der Waals surface area (Å²) in [5.74, 6) is 0.680. The number of hydrogen-bond acceptors (Lipinski definition) is 3. The molecule has 0 amide bonds. The molecular formula is C16H28N4. The lowest BCUT2D eigenvalue weighted by Crippen LogP contribution is -2.58. The zero-order chi connectivity index (χ0) is 14.3. The van der Waals surface area contributed by atoms with Crippen molar-refractivity contribution in [1.29, 1.82) is 0 Å². The molecule has 2 saturated heterocycles. The molecule has 0 radical (unpaired) electrons. The van der Waals surface area contributed by atoms with Crippen molar-refractivity contribution >= 4 is 5.69 Å². The molecule has 2 unspecified atom stereocenters. The molecule has 2 aliphatic rings. The molecule has 2 atom stereocenters. The first-order chi connectivity index (χ1) is 9.56. The monoisotopic (exact) mass is 276 g/mol. The molecular weight excluding hydrogens is 248 g/mol. The highest BCUT2D eigenvalue weighted by Crippen LogP contribution is 2.31. The van der Waals surface area contributed by atoms with E-state index < -0.39 is 0 Å². The molecule has 0 bridgehead atoms. The average Bonchev–Trinajstić information content (AvgIpc) is 3.05. The molecule has 0 spiro atoms. The molecule has 20 heavy (non-hydrogen) atoms. The van der Waals surface area contributed by atoms with E-state index in [-0.39, 0.29) is 0 Å². The number of anilines is 1. The molecule has 2 fully saturated rings. The molecule has 4 heteroatoms. The summed E-state index contributed by atoms with van der Waals surface area (Å²) in [5, 5.41) is 4.53. The summed E-state index contributed by atoms with van der Waals surface area (Å²) in [4.78, 5) is 5.32. The summed E-state index contributed by atoms with van der Waals surface area (Å²) in [6, 6.07) is 1.82. The van der Waals surface area contributed by atoms with Crippen molar-refractivity contribution in [3.05, 3.63) is 12.4 Å². The molecule has 3 rings (SSSR count). The maximum Gasteiger partial charge on any atom is 0.0756 e. The minimum atomic E-state index is 0.439. The van der Waals surface area contributed by atoms with Crippen LogP contribution in [0.1, 0.15) is 46.6 Å². The molecule has 1 aromatic rings. The van der Waals surface area contributed by atoms with E-state index >= 15 is 0 Å².